The molecule has 3 heteroatoms. The number of rotatable bonds is 6. The van der Waals surface area contributed by atoms with E-state index in [0.29, 0.717) is 17.1 Å². The Hall–Kier alpha value is -2.84. The second kappa shape index (κ2) is 9.20. The first kappa shape index (κ1) is 18.9. The van der Waals surface area contributed by atoms with Gasteiger partial charge in [0.2, 0.25) is 0 Å². The highest BCUT2D eigenvalue weighted by atomic mass is 35.5. The van der Waals surface area contributed by atoms with Crippen molar-refractivity contribution in [2.45, 2.75) is 12.8 Å². The fourth-order valence-electron chi connectivity index (χ4n) is 2.89. The van der Waals surface area contributed by atoms with E-state index in [1.54, 1.807) is 0 Å². The summed E-state index contributed by atoms with van der Waals surface area (Å²) >= 11 is 6.29. The third-order valence-electron chi connectivity index (χ3n) is 4.47. The van der Waals surface area contributed by atoms with Crippen LogP contribution in [-0.4, -0.2) is 12.5 Å². The highest BCUT2D eigenvalue weighted by Crippen LogP contribution is 2.23. The fourth-order valence-corrected chi connectivity index (χ4v) is 3.08. The molecule has 0 radical (unpaired) electrons. The van der Waals surface area contributed by atoms with Gasteiger partial charge in [-0.15, -0.1) is 0 Å². The summed E-state index contributed by atoms with van der Waals surface area (Å²) in [4.78, 5) is 13.0. The second-order valence-corrected chi connectivity index (χ2v) is 6.87. The average Bonchev–Trinajstić information content (AvgIpc) is 2.72. The van der Waals surface area contributed by atoms with Crippen LogP contribution < -0.4 is 5.32 Å². The van der Waals surface area contributed by atoms with Crippen molar-refractivity contribution in [1.82, 2.24) is 5.32 Å². The van der Waals surface area contributed by atoms with E-state index in [1.807, 2.05) is 78.9 Å². The van der Waals surface area contributed by atoms with E-state index in [2.05, 4.69) is 24.4 Å². The molecule has 0 spiro atoms. The predicted molar refractivity (Wildman–Crippen MR) is 114 cm³/mol. The van der Waals surface area contributed by atoms with Crippen LogP contribution in [0.3, 0.4) is 0 Å². The molecule has 0 aliphatic carbocycles. The highest BCUT2D eigenvalue weighted by Gasteiger charge is 2.14. The summed E-state index contributed by atoms with van der Waals surface area (Å²) in [7, 11) is 0. The first-order valence-electron chi connectivity index (χ1n) is 9.00. The zero-order valence-corrected chi connectivity index (χ0v) is 16.0. The Morgan fingerprint density at radius 3 is 2.19 bits per heavy atom. The molecular formula is C24H22ClNO. The average molecular weight is 376 g/mol. The monoisotopic (exact) mass is 375 g/mol. The number of nitrogens with one attached hydrogen (secondary N) is 1. The van der Waals surface area contributed by atoms with Gasteiger partial charge in [-0.05, 0) is 34.8 Å². The minimum atomic E-state index is -0.107. The molecule has 0 aromatic heterocycles. The van der Waals surface area contributed by atoms with Crippen molar-refractivity contribution >= 4 is 29.2 Å². The van der Waals surface area contributed by atoms with Gasteiger partial charge in [0.05, 0.1) is 0 Å². The van der Waals surface area contributed by atoms with Crippen LogP contribution in [0, 0.1) is 0 Å². The highest BCUT2D eigenvalue weighted by molar-refractivity contribution is 6.33. The quantitative estimate of drug-likeness (QED) is 0.428. The predicted octanol–water partition coefficient (Wildman–Crippen LogP) is 5.80. The smallest absolute Gasteiger partial charge is 0.251 e. The van der Waals surface area contributed by atoms with Crippen molar-refractivity contribution in [1.29, 1.82) is 0 Å². The molecule has 0 saturated carbocycles. The molecule has 0 aliphatic rings. The van der Waals surface area contributed by atoms with Gasteiger partial charge in [-0.3, -0.25) is 4.79 Å². The summed E-state index contributed by atoms with van der Waals surface area (Å²) in [6.07, 6.45) is 1.85. The van der Waals surface area contributed by atoms with Gasteiger partial charge in [0, 0.05) is 17.1 Å². The standard InChI is InChI=1S/C24H22ClNO/c1-18(19-10-4-2-5-11-19)17-26-24(27)22(20-12-6-3-7-13-20)16-21-14-8-9-15-23(21)25/h2-16,18H,17H2,1H3,(H,26,27)/b22-16+/t18-/m1/s1. The van der Waals surface area contributed by atoms with Gasteiger partial charge in [-0.1, -0.05) is 97.4 Å². The summed E-state index contributed by atoms with van der Waals surface area (Å²) in [5, 5.41) is 3.69. The Morgan fingerprint density at radius 2 is 1.52 bits per heavy atom. The zero-order valence-electron chi connectivity index (χ0n) is 15.2. The Kier molecular flexibility index (Phi) is 6.45. The van der Waals surface area contributed by atoms with Crippen LogP contribution in [0.15, 0.2) is 84.9 Å². The van der Waals surface area contributed by atoms with Crippen molar-refractivity contribution in [2.75, 3.05) is 6.54 Å². The SMILES string of the molecule is C[C@H](CNC(=O)/C(=C/c1ccccc1Cl)c1ccccc1)c1ccccc1. The van der Waals surface area contributed by atoms with Gasteiger partial charge in [-0.25, -0.2) is 0 Å². The normalized spacial score (nSPS) is 12.4. The van der Waals surface area contributed by atoms with Crippen molar-refractivity contribution < 1.29 is 4.79 Å². The summed E-state index contributed by atoms with van der Waals surface area (Å²) in [6, 6.07) is 27.4. The molecule has 0 aliphatic heterocycles. The molecule has 27 heavy (non-hydrogen) atoms. The zero-order chi connectivity index (χ0) is 19.1. The lowest BCUT2D eigenvalue weighted by Crippen LogP contribution is -2.28. The number of benzene rings is 3. The van der Waals surface area contributed by atoms with E-state index in [1.165, 1.54) is 5.56 Å². The van der Waals surface area contributed by atoms with Crippen LogP contribution in [0.5, 0.6) is 0 Å². The second-order valence-electron chi connectivity index (χ2n) is 6.47. The lowest BCUT2D eigenvalue weighted by atomic mass is 9.99. The van der Waals surface area contributed by atoms with Crippen LogP contribution >= 0.6 is 11.6 Å². The molecule has 3 aromatic carbocycles. The molecule has 3 rings (SSSR count). The van der Waals surface area contributed by atoms with E-state index in [9.17, 15) is 4.79 Å². The Labute approximate surface area is 165 Å². The van der Waals surface area contributed by atoms with Gasteiger partial charge in [-0.2, -0.15) is 0 Å². The molecule has 1 N–H and O–H groups in total. The van der Waals surface area contributed by atoms with Crippen molar-refractivity contribution in [3.8, 4) is 0 Å². The lowest BCUT2D eigenvalue weighted by Gasteiger charge is -2.15. The number of amides is 1. The molecule has 0 heterocycles. The van der Waals surface area contributed by atoms with Crippen LogP contribution in [0.25, 0.3) is 11.6 Å². The molecule has 3 aromatic rings. The minimum absolute atomic E-state index is 0.107. The van der Waals surface area contributed by atoms with Gasteiger partial charge in [0.15, 0.2) is 0 Å². The lowest BCUT2D eigenvalue weighted by molar-refractivity contribution is -0.115. The number of hydrogen-bond acceptors (Lipinski definition) is 1. The summed E-state index contributed by atoms with van der Waals surface area (Å²) in [6.45, 7) is 2.67. The minimum Gasteiger partial charge on any atom is -0.351 e. The number of hydrogen-bond donors (Lipinski definition) is 1. The molecule has 1 atom stereocenters. The van der Waals surface area contributed by atoms with Crippen molar-refractivity contribution in [3.05, 3.63) is 107 Å². The van der Waals surface area contributed by atoms with Crippen LogP contribution in [0.4, 0.5) is 0 Å². The molecule has 1 amide bonds. The van der Waals surface area contributed by atoms with E-state index < -0.39 is 0 Å². The van der Waals surface area contributed by atoms with Crippen molar-refractivity contribution in [3.63, 3.8) is 0 Å². The number of carbonyl (C=O) groups is 1. The fraction of sp³-hybridized carbons (Fsp3) is 0.125. The maximum absolute atomic E-state index is 13.0. The largest absolute Gasteiger partial charge is 0.351 e. The van der Waals surface area contributed by atoms with Crippen LogP contribution in [-0.2, 0) is 4.79 Å². The topological polar surface area (TPSA) is 29.1 Å². The van der Waals surface area contributed by atoms with Gasteiger partial charge < -0.3 is 5.32 Å². The summed E-state index contributed by atoms with van der Waals surface area (Å²) < 4.78 is 0. The Morgan fingerprint density at radius 1 is 0.926 bits per heavy atom. The maximum Gasteiger partial charge on any atom is 0.251 e. The molecular weight excluding hydrogens is 354 g/mol. The van der Waals surface area contributed by atoms with E-state index in [0.717, 1.165) is 11.1 Å². The third-order valence-corrected chi connectivity index (χ3v) is 4.82. The van der Waals surface area contributed by atoms with Gasteiger partial charge in [0.25, 0.3) is 5.91 Å². The van der Waals surface area contributed by atoms with Gasteiger partial charge >= 0.3 is 0 Å². The van der Waals surface area contributed by atoms with E-state index >= 15 is 0 Å². The van der Waals surface area contributed by atoms with E-state index in [-0.39, 0.29) is 11.8 Å². The van der Waals surface area contributed by atoms with Crippen LogP contribution in [0.1, 0.15) is 29.5 Å². The molecule has 136 valence electrons. The van der Waals surface area contributed by atoms with E-state index in [4.69, 9.17) is 11.6 Å². The molecule has 0 bridgehead atoms. The molecule has 0 saturated heterocycles. The molecule has 0 fully saturated rings. The van der Waals surface area contributed by atoms with Crippen molar-refractivity contribution in [2.24, 2.45) is 0 Å². The first-order chi connectivity index (χ1) is 13.1. The third kappa shape index (κ3) is 5.08. The Balaban J connectivity index is 1.83. The summed E-state index contributed by atoms with van der Waals surface area (Å²) in [5.41, 5.74) is 3.49. The first-order valence-corrected chi connectivity index (χ1v) is 9.37. The molecule has 0 unspecified atom stereocenters. The Bertz CT molecular complexity index is 919. The van der Waals surface area contributed by atoms with Gasteiger partial charge in [0.1, 0.15) is 0 Å². The summed E-state index contributed by atoms with van der Waals surface area (Å²) in [5.74, 6) is 0.122. The number of halogens is 1. The number of carbonyl (C=O) groups excluding carboxylic acids is 1. The maximum atomic E-state index is 13.0. The van der Waals surface area contributed by atoms with Crippen LogP contribution in [0.2, 0.25) is 5.02 Å². The molecule has 2 nitrogen and oxygen atoms in total.